The number of carbonyl (C=O) groups excluding carboxylic acids is 2. The molecule has 0 aliphatic heterocycles. The van der Waals surface area contributed by atoms with Crippen LogP contribution in [0.3, 0.4) is 0 Å². The molecule has 0 unspecified atom stereocenters. The molecule has 0 bridgehead atoms. The maximum absolute atomic E-state index is 12.1. The Morgan fingerprint density at radius 1 is 0.962 bits per heavy atom. The Balaban J connectivity index is 1.90. The Hall–Kier alpha value is -1.95. The molecule has 2 rings (SSSR count). The minimum atomic E-state index is -0.268. The smallest absolute Gasteiger partial charge is 0.251 e. The molecule has 2 amide bonds. The maximum Gasteiger partial charge on any atom is 0.251 e. The van der Waals surface area contributed by atoms with E-state index in [4.69, 9.17) is 34.8 Å². The van der Waals surface area contributed by atoms with Crippen molar-refractivity contribution >= 4 is 58.0 Å². The van der Waals surface area contributed by atoms with Crippen LogP contribution in [0.25, 0.3) is 0 Å². The highest BCUT2D eigenvalue weighted by atomic mass is 35.5. The molecule has 26 heavy (non-hydrogen) atoms. The number of hydrogen-bond donors (Lipinski definition) is 3. The molecular weight excluding hydrogens is 397 g/mol. The van der Waals surface area contributed by atoms with Gasteiger partial charge in [0.15, 0.2) is 0 Å². The van der Waals surface area contributed by atoms with Crippen molar-refractivity contribution in [3.63, 3.8) is 0 Å². The summed E-state index contributed by atoms with van der Waals surface area (Å²) in [5, 5.41) is 9.48. The molecular formula is C18H18Cl3N3O2. The van der Waals surface area contributed by atoms with Crippen molar-refractivity contribution in [3.8, 4) is 0 Å². The molecule has 0 atom stereocenters. The molecule has 138 valence electrons. The number of halogens is 3. The van der Waals surface area contributed by atoms with E-state index in [9.17, 15) is 9.59 Å². The lowest BCUT2D eigenvalue weighted by Crippen LogP contribution is -2.24. The molecule has 0 spiro atoms. The van der Waals surface area contributed by atoms with Crippen molar-refractivity contribution in [2.24, 2.45) is 0 Å². The molecule has 5 nitrogen and oxygen atoms in total. The molecule has 0 fully saturated rings. The van der Waals surface area contributed by atoms with Crippen LogP contribution in [0.5, 0.6) is 0 Å². The maximum atomic E-state index is 12.1. The van der Waals surface area contributed by atoms with E-state index < -0.39 is 0 Å². The summed E-state index contributed by atoms with van der Waals surface area (Å²) in [6.45, 7) is 2.61. The molecule has 0 aliphatic carbocycles. The van der Waals surface area contributed by atoms with Gasteiger partial charge in [0.2, 0.25) is 5.91 Å². The second kappa shape index (κ2) is 9.67. The van der Waals surface area contributed by atoms with Crippen LogP contribution in [0.2, 0.25) is 15.1 Å². The summed E-state index contributed by atoms with van der Waals surface area (Å²) in [4.78, 5) is 23.9. The first-order chi connectivity index (χ1) is 12.4. The molecule has 0 aliphatic rings. The number of amides is 2. The molecule has 2 aromatic carbocycles. The largest absolute Gasteiger partial charge is 0.375 e. The molecule has 8 heteroatoms. The predicted octanol–water partition coefficient (Wildman–Crippen LogP) is 4.84. The van der Waals surface area contributed by atoms with Gasteiger partial charge < -0.3 is 16.0 Å². The number of nitrogens with one attached hydrogen (secondary N) is 3. The fourth-order valence-electron chi connectivity index (χ4n) is 2.08. The standard InChI is InChI=1S/C18H18Cl3N3O2/c1-2-7-22-18(26)11-3-5-12(6-4-11)24-17(25)10-23-16-9-14(20)13(19)8-15(16)21/h3-6,8-9,23H,2,7,10H2,1H3,(H,22,26)(H,24,25). The second-order valence-corrected chi connectivity index (χ2v) is 6.70. The predicted molar refractivity (Wildman–Crippen MR) is 108 cm³/mol. The summed E-state index contributed by atoms with van der Waals surface area (Å²) in [7, 11) is 0. The lowest BCUT2D eigenvalue weighted by atomic mass is 10.2. The van der Waals surface area contributed by atoms with Crippen LogP contribution in [0, 0.1) is 0 Å². The monoisotopic (exact) mass is 413 g/mol. The summed E-state index contributed by atoms with van der Waals surface area (Å²) in [5.74, 6) is -0.407. The van der Waals surface area contributed by atoms with Gasteiger partial charge in [-0.1, -0.05) is 41.7 Å². The molecule has 2 aromatic rings. The van der Waals surface area contributed by atoms with Gasteiger partial charge in [-0.2, -0.15) is 0 Å². The zero-order valence-corrected chi connectivity index (χ0v) is 16.3. The summed E-state index contributed by atoms with van der Waals surface area (Å²) >= 11 is 17.9. The Labute approximate surface area is 167 Å². The van der Waals surface area contributed by atoms with E-state index in [2.05, 4.69) is 16.0 Å². The number of benzene rings is 2. The lowest BCUT2D eigenvalue weighted by molar-refractivity contribution is -0.114. The fraction of sp³-hybridized carbons (Fsp3) is 0.222. The summed E-state index contributed by atoms with van der Waals surface area (Å²) in [5.41, 5.74) is 1.64. The van der Waals surface area contributed by atoms with E-state index >= 15 is 0 Å². The first-order valence-electron chi connectivity index (χ1n) is 7.97. The summed E-state index contributed by atoms with van der Waals surface area (Å²) in [6, 6.07) is 9.72. The van der Waals surface area contributed by atoms with E-state index in [0.717, 1.165) is 6.42 Å². The lowest BCUT2D eigenvalue weighted by Gasteiger charge is -2.11. The van der Waals surface area contributed by atoms with Crippen LogP contribution in [-0.4, -0.2) is 24.9 Å². The normalized spacial score (nSPS) is 10.3. The highest BCUT2D eigenvalue weighted by molar-refractivity contribution is 6.44. The minimum absolute atomic E-state index is 0.00355. The highest BCUT2D eigenvalue weighted by Gasteiger charge is 2.09. The zero-order valence-electron chi connectivity index (χ0n) is 14.0. The van der Waals surface area contributed by atoms with Gasteiger partial charge in [0, 0.05) is 17.8 Å². The van der Waals surface area contributed by atoms with Crippen LogP contribution >= 0.6 is 34.8 Å². The van der Waals surface area contributed by atoms with E-state index in [1.807, 2.05) is 6.92 Å². The van der Waals surface area contributed by atoms with Crippen molar-refractivity contribution in [2.45, 2.75) is 13.3 Å². The number of carbonyl (C=O) groups is 2. The third kappa shape index (κ3) is 5.80. The summed E-state index contributed by atoms with van der Waals surface area (Å²) < 4.78 is 0. The van der Waals surface area contributed by atoms with Crippen LogP contribution in [-0.2, 0) is 4.79 Å². The Kier molecular flexibility index (Phi) is 7.57. The number of rotatable bonds is 7. The van der Waals surface area contributed by atoms with Gasteiger partial charge in [0.1, 0.15) is 0 Å². The summed E-state index contributed by atoms with van der Waals surface area (Å²) in [6.07, 6.45) is 0.871. The second-order valence-electron chi connectivity index (χ2n) is 5.48. The van der Waals surface area contributed by atoms with Gasteiger partial charge in [-0.15, -0.1) is 0 Å². The Morgan fingerprint density at radius 3 is 2.27 bits per heavy atom. The van der Waals surface area contributed by atoms with Crippen molar-refractivity contribution in [3.05, 3.63) is 57.0 Å². The molecule has 0 saturated heterocycles. The van der Waals surface area contributed by atoms with Gasteiger partial charge >= 0.3 is 0 Å². The Morgan fingerprint density at radius 2 is 1.62 bits per heavy atom. The molecule has 0 aromatic heterocycles. The third-order valence-electron chi connectivity index (χ3n) is 3.42. The van der Waals surface area contributed by atoms with Crippen LogP contribution < -0.4 is 16.0 Å². The van der Waals surface area contributed by atoms with Crippen molar-refractivity contribution < 1.29 is 9.59 Å². The SMILES string of the molecule is CCCNC(=O)c1ccc(NC(=O)CNc2cc(Cl)c(Cl)cc2Cl)cc1. The zero-order chi connectivity index (χ0) is 19.1. The molecule has 3 N–H and O–H groups in total. The van der Waals surface area contributed by atoms with Gasteiger partial charge in [-0.3, -0.25) is 9.59 Å². The van der Waals surface area contributed by atoms with Crippen LogP contribution in [0.4, 0.5) is 11.4 Å². The average molecular weight is 415 g/mol. The van der Waals surface area contributed by atoms with Gasteiger partial charge in [-0.05, 0) is 42.8 Å². The average Bonchev–Trinajstić information content (AvgIpc) is 2.62. The van der Waals surface area contributed by atoms with Crippen LogP contribution in [0.15, 0.2) is 36.4 Å². The molecule has 0 heterocycles. The van der Waals surface area contributed by atoms with Crippen molar-refractivity contribution in [1.82, 2.24) is 5.32 Å². The first-order valence-corrected chi connectivity index (χ1v) is 9.10. The van der Waals surface area contributed by atoms with E-state index in [-0.39, 0.29) is 18.4 Å². The van der Waals surface area contributed by atoms with Crippen LogP contribution in [0.1, 0.15) is 23.7 Å². The van der Waals surface area contributed by atoms with E-state index in [0.29, 0.717) is 38.6 Å². The third-order valence-corrected chi connectivity index (χ3v) is 4.45. The van der Waals surface area contributed by atoms with Crippen molar-refractivity contribution in [1.29, 1.82) is 0 Å². The minimum Gasteiger partial charge on any atom is -0.375 e. The number of anilines is 2. The topological polar surface area (TPSA) is 70.2 Å². The number of hydrogen-bond acceptors (Lipinski definition) is 3. The quantitative estimate of drug-likeness (QED) is 0.568. The van der Waals surface area contributed by atoms with E-state index in [1.54, 1.807) is 30.3 Å². The van der Waals surface area contributed by atoms with Crippen molar-refractivity contribution in [2.75, 3.05) is 23.7 Å². The Bertz CT molecular complexity index is 795. The molecule has 0 radical (unpaired) electrons. The van der Waals surface area contributed by atoms with E-state index in [1.165, 1.54) is 6.07 Å². The highest BCUT2D eigenvalue weighted by Crippen LogP contribution is 2.32. The fourth-order valence-corrected chi connectivity index (χ4v) is 2.70. The van der Waals surface area contributed by atoms with Gasteiger partial charge in [0.25, 0.3) is 5.91 Å². The van der Waals surface area contributed by atoms with Gasteiger partial charge in [0.05, 0.1) is 27.3 Å². The first kappa shape index (κ1) is 20.4. The van der Waals surface area contributed by atoms with Gasteiger partial charge in [-0.25, -0.2) is 0 Å². The molecule has 0 saturated carbocycles.